The van der Waals surface area contributed by atoms with Crippen molar-refractivity contribution in [1.82, 2.24) is 5.32 Å². The molecule has 0 aliphatic heterocycles. The topological polar surface area (TPSA) is 12.0 Å². The Labute approximate surface area is 93.1 Å². The van der Waals surface area contributed by atoms with E-state index in [1.165, 1.54) is 22.0 Å². The fourth-order valence-corrected chi connectivity index (χ4v) is 1.93. The van der Waals surface area contributed by atoms with Crippen molar-refractivity contribution in [2.75, 3.05) is 0 Å². The highest BCUT2D eigenvalue weighted by Gasteiger charge is 2.36. The van der Waals surface area contributed by atoms with E-state index in [-0.39, 0.29) is 0 Å². The summed E-state index contributed by atoms with van der Waals surface area (Å²) in [6.07, 6.45) is 2.66. The molecule has 0 spiro atoms. The lowest BCUT2D eigenvalue weighted by molar-refractivity contribution is 0.537. The molecular weight excluding hydrogens is 273 g/mol. The van der Waals surface area contributed by atoms with Gasteiger partial charge in [-0.2, -0.15) is 0 Å². The summed E-state index contributed by atoms with van der Waals surface area (Å²) < 4.78 is 1.32. The second-order valence-corrected chi connectivity index (χ2v) is 5.29. The molecule has 0 unspecified atom stereocenters. The number of hydrogen-bond acceptors (Lipinski definition) is 1. The Morgan fingerprint density at radius 2 is 2.23 bits per heavy atom. The van der Waals surface area contributed by atoms with Gasteiger partial charge < -0.3 is 5.32 Å². The summed E-state index contributed by atoms with van der Waals surface area (Å²) in [4.78, 5) is 0. The monoisotopic (exact) mass is 287 g/mol. The van der Waals surface area contributed by atoms with Gasteiger partial charge in [0.05, 0.1) is 0 Å². The molecule has 1 aromatic rings. The summed E-state index contributed by atoms with van der Waals surface area (Å²) in [5.41, 5.74) is 1.83. The van der Waals surface area contributed by atoms with Gasteiger partial charge in [-0.1, -0.05) is 12.1 Å². The molecule has 1 nitrogen and oxygen atoms in total. The number of halogens is 1. The van der Waals surface area contributed by atoms with Gasteiger partial charge in [-0.15, -0.1) is 0 Å². The predicted molar refractivity (Wildman–Crippen MR) is 63.6 cm³/mol. The second-order valence-electron chi connectivity index (χ2n) is 4.04. The van der Waals surface area contributed by atoms with E-state index in [1.807, 2.05) is 0 Å². The average Bonchev–Trinajstić information content (AvgIpc) is 2.82. The summed E-state index contributed by atoms with van der Waals surface area (Å²) in [6.45, 7) is 3.30. The largest absolute Gasteiger partial charge is 0.307 e. The van der Waals surface area contributed by atoms with E-state index in [0.717, 1.165) is 6.54 Å². The Morgan fingerprint density at radius 3 is 2.85 bits per heavy atom. The minimum Gasteiger partial charge on any atom is -0.307 e. The fraction of sp³-hybridized carbons (Fsp3) is 0.455. The van der Waals surface area contributed by atoms with Crippen LogP contribution < -0.4 is 5.32 Å². The third-order valence-electron chi connectivity index (χ3n) is 2.61. The number of benzene rings is 1. The summed E-state index contributed by atoms with van der Waals surface area (Å²) in [6, 6.07) is 8.66. The van der Waals surface area contributed by atoms with Crippen LogP contribution >= 0.6 is 22.6 Å². The van der Waals surface area contributed by atoms with Crippen molar-refractivity contribution in [3.8, 4) is 0 Å². The molecule has 1 N–H and O–H groups in total. The van der Waals surface area contributed by atoms with Gasteiger partial charge in [0.1, 0.15) is 0 Å². The second kappa shape index (κ2) is 3.58. The van der Waals surface area contributed by atoms with Crippen molar-refractivity contribution in [1.29, 1.82) is 0 Å². The van der Waals surface area contributed by atoms with Crippen LogP contribution in [0.4, 0.5) is 0 Å². The number of rotatable bonds is 3. The van der Waals surface area contributed by atoms with Crippen molar-refractivity contribution in [2.24, 2.45) is 0 Å². The standard InChI is InChI=1S/C11H14IN/c1-11(5-6-11)13-8-9-3-2-4-10(12)7-9/h2-4,7,13H,5-6,8H2,1H3. The van der Waals surface area contributed by atoms with Gasteiger partial charge in [0.2, 0.25) is 0 Å². The fourth-order valence-electron chi connectivity index (χ4n) is 1.33. The first-order valence-corrected chi connectivity index (χ1v) is 5.75. The van der Waals surface area contributed by atoms with Crippen LogP contribution in [0, 0.1) is 3.57 Å². The van der Waals surface area contributed by atoms with E-state index in [0.29, 0.717) is 5.54 Å². The number of hydrogen-bond donors (Lipinski definition) is 1. The normalized spacial score (nSPS) is 18.6. The minimum absolute atomic E-state index is 0.446. The molecule has 0 aromatic heterocycles. The van der Waals surface area contributed by atoms with Crippen LogP contribution in [-0.4, -0.2) is 5.54 Å². The molecule has 2 heteroatoms. The molecule has 0 atom stereocenters. The Hall–Kier alpha value is -0.0900. The van der Waals surface area contributed by atoms with Gasteiger partial charge in [-0.25, -0.2) is 0 Å². The van der Waals surface area contributed by atoms with Crippen LogP contribution in [0.25, 0.3) is 0 Å². The molecule has 0 heterocycles. The van der Waals surface area contributed by atoms with Crippen LogP contribution in [0.3, 0.4) is 0 Å². The summed E-state index contributed by atoms with van der Waals surface area (Å²) in [5.74, 6) is 0. The van der Waals surface area contributed by atoms with Crippen molar-refractivity contribution in [3.63, 3.8) is 0 Å². The van der Waals surface area contributed by atoms with Crippen molar-refractivity contribution in [3.05, 3.63) is 33.4 Å². The van der Waals surface area contributed by atoms with E-state index in [4.69, 9.17) is 0 Å². The molecule has 1 aliphatic carbocycles. The highest BCUT2D eigenvalue weighted by Crippen LogP contribution is 2.34. The quantitative estimate of drug-likeness (QED) is 0.843. The Morgan fingerprint density at radius 1 is 1.46 bits per heavy atom. The van der Waals surface area contributed by atoms with Crippen LogP contribution in [0.1, 0.15) is 25.3 Å². The van der Waals surface area contributed by atoms with Gasteiger partial charge in [0, 0.05) is 15.7 Å². The number of nitrogens with one attached hydrogen (secondary N) is 1. The summed E-state index contributed by atoms with van der Waals surface area (Å²) in [5, 5.41) is 3.57. The molecule has 70 valence electrons. The first-order valence-electron chi connectivity index (χ1n) is 4.67. The lowest BCUT2D eigenvalue weighted by Gasteiger charge is -2.11. The Balaban J connectivity index is 1.94. The molecule has 1 aromatic carbocycles. The predicted octanol–water partition coefficient (Wildman–Crippen LogP) is 2.93. The average molecular weight is 287 g/mol. The highest BCUT2D eigenvalue weighted by molar-refractivity contribution is 14.1. The van der Waals surface area contributed by atoms with E-state index in [1.54, 1.807) is 0 Å². The van der Waals surface area contributed by atoms with Crippen LogP contribution in [0.2, 0.25) is 0 Å². The molecule has 2 rings (SSSR count). The zero-order chi connectivity index (χ0) is 9.31. The minimum atomic E-state index is 0.446. The summed E-state index contributed by atoms with van der Waals surface area (Å²) >= 11 is 2.35. The van der Waals surface area contributed by atoms with Crippen LogP contribution in [0.5, 0.6) is 0 Å². The van der Waals surface area contributed by atoms with E-state index < -0.39 is 0 Å². The summed E-state index contributed by atoms with van der Waals surface area (Å²) in [7, 11) is 0. The Bertz CT molecular complexity index is 305. The third kappa shape index (κ3) is 2.68. The third-order valence-corrected chi connectivity index (χ3v) is 3.28. The maximum Gasteiger partial charge on any atom is 0.0210 e. The maximum atomic E-state index is 3.57. The van der Waals surface area contributed by atoms with Crippen molar-refractivity contribution < 1.29 is 0 Å². The van der Waals surface area contributed by atoms with Gasteiger partial charge >= 0.3 is 0 Å². The first-order chi connectivity index (χ1) is 6.18. The molecular formula is C11H14IN. The van der Waals surface area contributed by atoms with Gasteiger partial charge in [-0.3, -0.25) is 0 Å². The molecule has 13 heavy (non-hydrogen) atoms. The molecule has 0 saturated heterocycles. The molecule has 1 aliphatic rings. The molecule has 1 saturated carbocycles. The zero-order valence-electron chi connectivity index (χ0n) is 7.81. The van der Waals surface area contributed by atoms with Gasteiger partial charge in [-0.05, 0) is 60.1 Å². The van der Waals surface area contributed by atoms with E-state index >= 15 is 0 Å². The SMILES string of the molecule is CC1(NCc2cccc(I)c2)CC1. The molecule has 0 radical (unpaired) electrons. The van der Waals surface area contributed by atoms with E-state index in [2.05, 4.69) is 59.1 Å². The molecule has 0 bridgehead atoms. The van der Waals surface area contributed by atoms with Gasteiger partial charge in [0.25, 0.3) is 0 Å². The molecule has 0 amide bonds. The van der Waals surface area contributed by atoms with Crippen molar-refractivity contribution >= 4 is 22.6 Å². The van der Waals surface area contributed by atoms with E-state index in [9.17, 15) is 0 Å². The first kappa shape index (κ1) is 9.46. The lowest BCUT2D eigenvalue weighted by Crippen LogP contribution is -2.26. The van der Waals surface area contributed by atoms with Crippen molar-refractivity contribution in [2.45, 2.75) is 31.8 Å². The lowest BCUT2D eigenvalue weighted by atomic mass is 10.2. The van der Waals surface area contributed by atoms with Crippen LogP contribution in [-0.2, 0) is 6.54 Å². The highest BCUT2D eigenvalue weighted by atomic mass is 127. The maximum absolute atomic E-state index is 3.57. The Kier molecular flexibility index (Phi) is 2.60. The van der Waals surface area contributed by atoms with Crippen LogP contribution in [0.15, 0.2) is 24.3 Å². The van der Waals surface area contributed by atoms with Gasteiger partial charge in [0.15, 0.2) is 0 Å². The smallest absolute Gasteiger partial charge is 0.0210 e. The zero-order valence-corrected chi connectivity index (χ0v) is 9.97. The molecule has 1 fully saturated rings.